The van der Waals surface area contributed by atoms with E-state index >= 15 is 0 Å². The highest BCUT2D eigenvalue weighted by molar-refractivity contribution is 5.78. The molecule has 1 aliphatic rings. The van der Waals surface area contributed by atoms with Gasteiger partial charge in [-0.05, 0) is 38.3 Å². The second kappa shape index (κ2) is 4.13. The molecule has 3 nitrogen and oxygen atoms in total. The van der Waals surface area contributed by atoms with Crippen molar-refractivity contribution in [1.29, 1.82) is 0 Å². The highest BCUT2D eigenvalue weighted by Gasteiger charge is 2.19. The van der Waals surface area contributed by atoms with Crippen molar-refractivity contribution in [2.75, 3.05) is 0 Å². The van der Waals surface area contributed by atoms with Crippen LogP contribution in [0, 0.1) is 13.8 Å². The molecule has 0 saturated heterocycles. The van der Waals surface area contributed by atoms with Crippen LogP contribution in [0.4, 0.5) is 0 Å². The lowest BCUT2D eigenvalue weighted by atomic mass is 9.96. The Bertz CT molecular complexity index is 536. The highest BCUT2D eigenvalue weighted by Crippen LogP contribution is 2.30. The number of hydrogen-bond donors (Lipinski definition) is 0. The smallest absolute Gasteiger partial charge is 0.158 e. The van der Waals surface area contributed by atoms with Gasteiger partial charge in [0.25, 0.3) is 0 Å². The van der Waals surface area contributed by atoms with Crippen LogP contribution in [-0.4, -0.2) is 14.8 Å². The lowest BCUT2D eigenvalue weighted by molar-refractivity contribution is 0.335. The first-order valence-corrected chi connectivity index (χ1v) is 6.57. The van der Waals surface area contributed by atoms with Crippen molar-refractivity contribution in [3.05, 3.63) is 23.5 Å². The van der Waals surface area contributed by atoms with Crippen LogP contribution in [0.15, 0.2) is 12.3 Å². The lowest BCUT2D eigenvalue weighted by Gasteiger charge is -2.22. The quantitative estimate of drug-likeness (QED) is 0.748. The molecule has 3 heteroatoms. The molecule has 0 atom stereocenters. The van der Waals surface area contributed by atoms with Gasteiger partial charge in [0.2, 0.25) is 0 Å². The van der Waals surface area contributed by atoms with Crippen LogP contribution in [0.25, 0.3) is 11.0 Å². The van der Waals surface area contributed by atoms with Gasteiger partial charge in [-0.15, -0.1) is 0 Å². The fourth-order valence-corrected chi connectivity index (χ4v) is 2.85. The number of rotatable bonds is 1. The van der Waals surface area contributed by atoms with Crippen molar-refractivity contribution in [2.45, 2.75) is 52.0 Å². The highest BCUT2D eigenvalue weighted by atomic mass is 15.3. The van der Waals surface area contributed by atoms with Crippen LogP contribution in [0.2, 0.25) is 0 Å². The van der Waals surface area contributed by atoms with Crippen LogP contribution >= 0.6 is 0 Å². The molecule has 3 rings (SSSR count). The summed E-state index contributed by atoms with van der Waals surface area (Å²) in [6.45, 7) is 4.17. The minimum absolute atomic E-state index is 0.565. The maximum Gasteiger partial charge on any atom is 0.158 e. The van der Waals surface area contributed by atoms with Gasteiger partial charge in [0.1, 0.15) is 0 Å². The molecule has 90 valence electrons. The zero-order valence-electron chi connectivity index (χ0n) is 10.6. The molecule has 0 bridgehead atoms. The van der Waals surface area contributed by atoms with Gasteiger partial charge in [0.15, 0.2) is 5.65 Å². The summed E-state index contributed by atoms with van der Waals surface area (Å²) in [4.78, 5) is 4.58. The Morgan fingerprint density at radius 2 is 1.94 bits per heavy atom. The van der Waals surface area contributed by atoms with Crippen LogP contribution in [0.1, 0.15) is 49.4 Å². The third kappa shape index (κ3) is 1.84. The molecule has 0 spiro atoms. The molecule has 2 aromatic heterocycles. The molecule has 2 heterocycles. The lowest BCUT2D eigenvalue weighted by Crippen LogP contribution is -2.14. The number of fused-ring (bicyclic) bond motifs is 1. The van der Waals surface area contributed by atoms with E-state index in [-0.39, 0.29) is 0 Å². The van der Waals surface area contributed by atoms with Crippen molar-refractivity contribution < 1.29 is 0 Å². The molecular weight excluding hydrogens is 210 g/mol. The van der Waals surface area contributed by atoms with Gasteiger partial charge < -0.3 is 0 Å². The molecule has 2 aromatic rings. The summed E-state index contributed by atoms with van der Waals surface area (Å²) in [5.74, 6) is 0. The van der Waals surface area contributed by atoms with Crippen molar-refractivity contribution in [3.8, 4) is 0 Å². The Kier molecular flexibility index (Phi) is 2.61. The predicted molar refractivity (Wildman–Crippen MR) is 69.1 cm³/mol. The molecular formula is C14H19N3. The molecule has 0 aromatic carbocycles. The predicted octanol–water partition coefficient (Wildman–Crippen LogP) is 3.55. The molecule has 0 unspecified atom stereocenters. The molecule has 0 amide bonds. The third-order valence-electron chi connectivity index (χ3n) is 3.79. The maximum absolute atomic E-state index is 4.71. The summed E-state index contributed by atoms with van der Waals surface area (Å²) in [5.41, 5.74) is 3.39. The number of aromatic nitrogens is 3. The monoisotopic (exact) mass is 229 g/mol. The van der Waals surface area contributed by atoms with Gasteiger partial charge in [0.05, 0.1) is 11.7 Å². The van der Waals surface area contributed by atoms with Crippen molar-refractivity contribution in [2.24, 2.45) is 0 Å². The van der Waals surface area contributed by atoms with Crippen molar-refractivity contribution in [3.63, 3.8) is 0 Å². The van der Waals surface area contributed by atoms with Gasteiger partial charge in [0, 0.05) is 11.6 Å². The van der Waals surface area contributed by atoms with Crippen LogP contribution in [0.3, 0.4) is 0 Å². The number of pyridine rings is 1. The first-order valence-electron chi connectivity index (χ1n) is 6.57. The topological polar surface area (TPSA) is 30.7 Å². The zero-order chi connectivity index (χ0) is 11.8. The van der Waals surface area contributed by atoms with E-state index < -0.39 is 0 Å². The summed E-state index contributed by atoms with van der Waals surface area (Å²) in [6.07, 6.45) is 8.50. The third-order valence-corrected chi connectivity index (χ3v) is 3.79. The minimum atomic E-state index is 0.565. The molecule has 1 saturated carbocycles. The van der Waals surface area contributed by atoms with Gasteiger partial charge in [-0.2, -0.15) is 5.10 Å². The van der Waals surface area contributed by atoms with Crippen molar-refractivity contribution >= 4 is 11.0 Å². The average molecular weight is 229 g/mol. The average Bonchev–Trinajstić information content (AvgIpc) is 2.68. The van der Waals surface area contributed by atoms with Gasteiger partial charge in [-0.3, -0.25) is 0 Å². The van der Waals surface area contributed by atoms with E-state index in [0.717, 1.165) is 11.3 Å². The molecule has 1 fully saturated rings. The summed E-state index contributed by atoms with van der Waals surface area (Å²) >= 11 is 0. The molecule has 17 heavy (non-hydrogen) atoms. The summed E-state index contributed by atoms with van der Waals surface area (Å²) in [6, 6.07) is 2.76. The number of aryl methyl sites for hydroxylation is 2. The molecule has 0 radical (unpaired) electrons. The second-order valence-electron chi connectivity index (χ2n) is 5.21. The van der Waals surface area contributed by atoms with Crippen LogP contribution < -0.4 is 0 Å². The Morgan fingerprint density at radius 3 is 2.71 bits per heavy atom. The second-order valence-corrected chi connectivity index (χ2v) is 5.21. The largest absolute Gasteiger partial charge is 0.244 e. The first kappa shape index (κ1) is 10.8. The summed E-state index contributed by atoms with van der Waals surface area (Å²) < 4.78 is 2.17. The number of hydrogen-bond acceptors (Lipinski definition) is 2. The first-order chi connectivity index (χ1) is 8.25. The minimum Gasteiger partial charge on any atom is -0.244 e. The van der Waals surface area contributed by atoms with Crippen molar-refractivity contribution in [1.82, 2.24) is 14.8 Å². The summed E-state index contributed by atoms with van der Waals surface area (Å²) in [7, 11) is 0. The van der Waals surface area contributed by atoms with Gasteiger partial charge >= 0.3 is 0 Å². The Labute approximate surface area is 102 Å². The Hall–Kier alpha value is -1.38. The van der Waals surface area contributed by atoms with E-state index in [1.165, 1.54) is 43.1 Å². The zero-order valence-corrected chi connectivity index (χ0v) is 10.6. The normalized spacial score (nSPS) is 17.8. The van der Waals surface area contributed by atoms with E-state index in [4.69, 9.17) is 5.10 Å². The number of nitrogens with zero attached hydrogens (tertiary/aromatic N) is 3. The van der Waals surface area contributed by atoms with E-state index in [1.807, 2.05) is 6.20 Å². The molecule has 1 aliphatic carbocycles. The molecule has 0 N–H and O–H groups in total. The maximum atomic E-state index is 4.71. The van der Waals surface area contributed by atoms with E-state index in [2.05, 4.69) is 29.6 Å². The van der Waals surface area contributed by atoms with Gasteiger partial charge in [-0.1, -0.05) is 19.3 Å². The SMILES string of the molecule is Cc1cnc2c(c1)c(C)nn2C1CCCCC1. The molecule has 0 aliphatic heterocycles. The Balaban J connectivity index is 2.10. The van der Waals surface area contributed by atoms with Crippen LogP contribution in [-0.2, 0) is 0 Å². The Morgan fingerprint density at radius 1 is 1.18 bits per heavy atom. The van der Waals surface area contributed by atoms with Crippen LogP contribution in [0.5, 0.6) is 0 Å². The fourth-order valence-electron chi connectivity index (χ4n) is 2.85. The fraction of sp³-hybridized carbons (Fsp3) is 0.571. The van der Waals surface area contributed by atoms with E-state index in [0.29, 0.717) is 6.04 Å². The van der Waals surface area contributed by atoms with Gasteiger partial charge in [-0.25, -0.2) is 9.67 Å². The van der Waals surface area contributed by atoms with E-state index in [9.17, 15) is 0 Å². The van der Waals surface area contributed by atoms with E-state index in [1.54, 1.807) is 0 Å². The standard InChI is InChI=1S/C14H19N3/c1-10-8-13-11(2)16-17(14(13)15-9-10)12-6-4-3-5-7-12/h8-9,12H,3-7H2,1-2H3. The summed E-state index contributed by atoms with van der Waals surface area (Å²) in [5, 5.41) is 5.93.